The topological polar surface area (TPSA) is 92.5 Å². The Labute approximate surface area is 158 Å². The van der Waals surface area contributed by atoms with E-state index in [1.807, 2.05) is 13.8 Å². The van der Waals surface area contributed by atoms with Gasteiger partial charge in [0.1, 0.15) is 0 Å². The number of amides is 3. The fourth-order valence-corrected chi connectivity index (χ4v) is 3.36. The van der Waals surface area contributed by atoms with Gasteiger partial charge in [-0.3, -0.25) is 14.4 Å². The Bertz CT molecular complexity index is 860. The molecule has 2 aromatic carbocycles. The molecule has 0 fully saturated rings. The van der Waals surface area contributed by atoms with Crippen LogP contribution in [0.5, 0.6) is 0 Å². The Morgan fingerprint density at radius 3 is 2.11 bits per heavy atom. The molecule has 1 aliphatic rings. The molecular formula is C21H23N3O3. The molecule has 0 aromatic heterocycles. The number of anilines is 2. The Morgan fingerprint density at radius 2 is 1.59 bits per heavy atom. The Kier molecular flexibility index (Phi) is 5.10. The fraction of sp³-hybridized carbons (Fsp3) is 0.286. The summed E-state index contributed by atoms with van der Waals surface area (Å²) in [5, 5.41) is 2.88. The van der Waals surface area contributed by atoms with Gasteiger partial charge in [-0.05, 0) is 43.2 Å². The van der Waals surface area contributed by atoms with Crippen molar-refractivity contribution in [2.24, 2.45) is 11.1 Å². The highest BCUT2D eigenvalue weighted by atomic mass is 16.2. The zero-order chi connectivity index (χ0) is 19.6. The summed E-state index contributed by atoms with van der Waals surface area (Å²) in [5.74, 6) is -0.885. The first kappa shape index (κ1) is 18.8. The van der Waals surface area contributed by atoms with E-state index in [0.29, 0.717) is 35.3 Å². The standard InChI is InChI=1S/C21H23N3O3/c1-3-21(4-2,13-22)20(27)23-14-8-7-9-15(12-14)24-18(25)16-10-5-6-11-17(16)19(24)26/h5-12H,3-4,13,22H2,1-2H3,(H,23,27). The van der Waals surface area contributed by atoms with Gasteiger partial charge in [0.15, 0.2) is 0 Å². The van der Waals surface area contributed by atoms with Crippen molar-refractivity contribution in [3.8, 4) is 0 Å². The van der Waals surface area contributed by atoms with Gasteiger partial charge >= 0.3 is 0 Å². The minimum Gasteiger partial charge on any atom is -0.329 e. The quantitative estimate of drug-likeness (QED) is 0.769. The van der Waals surface area contributed by atoms with Crippen LogP contribution in [0.4, 0.5) is 11.4 Å². The second-order valence-corrected chi connectivity index (χ2v) is 6.69. The van der Waals surface area contributed by atoms with Crippen LogP contribution in [-0.2, 0) is 4.79 Å². The van der Waals surface area contributed by atoms with Crippen molar-refractivity contribution >= 4 is 29.1 Å². The van der Waals surface area contributed by atoms with Crippen LogP contribution in [-0.4, -0.2) is 24.3 Å². The van der Waals surface area contributed by atoms with Crippen molar-refractivity contribution in [1.82, 2.24) is 0 Å². The lowest BCUT2D eigenvalue weighted by atomic mass is 9.81. The first-order chi connectivity index (χ1) is 13.0. The highest BCUT2D eigenvalue weighted by Gasteiger charge is 2.37. The molecule has 2 aromatic rings. The molecule has 0 atom stereocenters. The lowest BCUT2D eigenvalue weighted by molar-refractivity contribution is -0.125. The largest absolute Gasteiger partial charge is 0.329 e. The maximum Gasteiger partial charge on any atom is 0.266 e. The summed E-state index contributed by atoms with van der Waals surface area (Å²) in [6, 6.07) is 13.5. The van der Waals surface area contributed by atoms with E-state index in [1.165, 1.54) is 0 Å². The van der Waals surface area contributed by atoms with Gasteiger partial charge in [-0.2, -0.15) is 0 Å². The van der Waals surface area contributed by atoms with Gasteiger partial charge in [0, 0.05) is 12.2 Å². The van der Waals surface area contributed by atoms with Crippen LogP contribution >= 0.6 is 0 Å². The van der Waals surface area contributed by atoms with Crippen LogP contribution < -0.4 is 16.0 Å². The van der Waals surface area contributed by atoms with Gasteiger partial charge in [0.05, 0.1) is 22.2 Å². The number of carbonyl (C=O) groups excluding carboxylic acids is 3. The Hall–Kier alpha value is -2.99. The minimum absolute atomic E-state index is 0.158. The molecule has 3 amide bonds. The van der Waals surface area contributed by atoms with E-state index in [1.54, 1.807) is 48.5 Å². The van der Waals surface area contributed by atoms with Crippen molar-refractivity contribution in [3.63, 3.8) is 0 Å². The molecule has 0 unspecified atom stereocenters. The number of hydrogen-bond acceptors (Lipinski definition) is 4. The summed E-state index contributed by atoms with van der Waals surface area (Å²) in [4.78, 5) is 39.1. The van der Waals surface area contributed by atoms with Crippen molar-refractivity contribution in [2.45, 2.75) is 26.7 Å². The second-order valence-electron chi connectivity index (χ2n) is 6.69. The molecule has 0 bridgehead atoms. The molecule has 0 radical (unpaired) electrons. The molecule has 0 saturated heterocycles. The van der Waals surface area contributed by atoms with E-state index in [4.69, 9.17) is 5.73 Å². The molecule has 27 heavy (non-hydrogen) atoms. The van der Waals surface area contributed by atoms with Crippen LogP contribution in [0.1, 0.15) is 47.4 Å². The van der Waals surface area contributed by atoms with Crippen LogP contribution in [0.25, 0.3) is 0 Å². The van der Waals surface area contributed by atoms with Crippen LogP contribution in [0.2, 0.25) is 0 Å². The summed E-state index contributed by atoms with van der Waals surface area (Å²) in [6.07, 6.45) is 1.26. The third kappa shape index (κ3) is 3.13. The SMILES string of the molecule is CCC(CC)(CN)C(=O)Nc1cccc(N2C(=O)c3ccccc3C2=O)c1. The van der Waals surface area contributed by atoms with E-state index < -0.39 is 5.41 Å². The molecule has 6 heteroatoms. The number of benzene rings is 2. The van der Waals surface area contributed by atoms with Crippen LogP contribution in [0.15, 0.2) is 48.5 Å². The van der Waals surface area contributed by atoms with Gasteiger partial charge in [-0.1, -0.05) is 32.0 Å². The zero-order valence-corrected chi connectivity index (χ0v) is 15.5. The second kappa shape index (κ2) is 7.32. The average molecular weight is 365 g/mol. The third-order valence-corrected chi connectivity index (χ3v) is 5.38. The number of nitrogens with zero attached hydrogens (tertiary/aromatic N) is 1. The van der Waals surface area contributed by atoms with Gasteiger partial charge < -0.3 is 11.1 Å². The molecule has 3 rings (SSSR count). The van der Waals surface area contributed by atoms with Crippen LogP contribution in [0.3, 0.4) is 0 Å². The van der Waals surface area contributed by atoms with Crippen molar-refractivity contribution in [2.75, 3.05) is 16.8 Å². The number of hydrogen-bond donors (Lipinski definition) is 2. The Balaban J connectivity index is 1.88. The van der Waals surface area contributed by atoms with Crippen molar-refractivity contribution < 1.29 is 14.4 Å². The maximum absolute atomic E-state index is 12.7. The van der Waals surface area contributed by atoms with Gasteiger partial charge in [0.2, 0.25) is 5.91 Å². The first-order valence-electron chi connectivity index (χ1n) is 9.07. The number of carbonyl (C=O) groups is 3. The maximum atomic E-state index is 12.7. The molecule has 140 valence electrons. The first-order valence-corrected chi connectivity index (χ1v) is 9.07. The van der Waals surface area contributed by atoms with E-state index >= 15 is 0 Å². The molecule has 3 N–H and O–H groups in total. The number of nitrogens with two attached hydrogens (primary N) is 1. The normalized spacial score (nSPS) is 13.7. The Morgan fingerprint density at radius 1 is 1.00 bits per heavy atom. The number of nitrogens with one attached hydrogen (secondary N) is 1. The zero-order valence-electron chi connectivity index (χ0n) is 15.5. The highest BCUT2D eigenvalue weighted by Crippen LogP contribution is 2.31. The highest BCUT2D eigenvalue weighted by molar-refractivity contribution is 6.34. The van der Waals surface area contributed by atoms with Gasteiger partial charge in [-0.15, -0.1) is 0 Å². The van der Waals surface area contributed by atoms with E-state index in [0.717, 1.165) is 4.90 Å². The molecule has 0 aliphatic carbocycles. The number of imide groups is 1. The van der Waals surface area contributed by atoms with Gasteiger partial charge in [0.25, 0.3) is 11.8 Å². The van der Waals surface area contributed by atoms with Crippen molar-refractivity contribution in [3.05, 3.63) is 59.7 Å². The third-order valence-electron chi connectivity index (χ3n) is 5.38. The van der Waals surface area contributed by atoms with E-state index in [9.17, 15) is 14.4 Å². The summed E-state index contributed by atoms with van der Waals surface area (Å²) in [6.45, 7) is 4.13. The lowest BCUT2D eigenvalue weighted by Gasteiger charge is -2.28. The van der Waals surface area contributed by atoms with Gasteiger partial charge in [-0.25, -0.2) is 4.90 Å². The van der Waals surface area contributed by atoms with E-state index in [2.05, 4.69) is 5.32 Å². The summed E-state index contributed by atoms with van der Waals surface area (Å²) >= 11 is 0. The predicted octanol–water partition coefficient (Wildman–Crippen LogP) is 3.19. The number of fused-ring (bicyclic) bond motifs is 1. The summed E-state index contributed by atoms with van der Waals surface area (Å²) in [7, 11) is 0. The molecular weight excluding hydrogens is 342 g/mol. The molecule has 1 aliphatic heterocycles. The monoisotopic (exact) mass is 365 g/mol. The fourth-order valence-electron chi connectivity index (χ4n) is 3.36. The number of rotatable bonds is 6. The smallest absolute Gasteiger partial charge is 0.266 e. The molecule has 0 saturated carbocycles. The summed E-state index contributed by atoms with van der Waals surface area (Å²) < 4.78 is 0. The van der Waals surface area contributed by atoms with E-state index in [-0.39, 0.29) is 24.3 Å². The lowest BCUT2D eigenvalue weighted by Crippen LogP contribution is -2.41. The van der Waals surface area contributed by atoms with Crippen molar-refractivity contribution in [1.29, 1.82) is 0 Å². The predicted molar refractivity (Wildman–Crippen MR) is 105 cm³/mol. The molecule has 6 nitrogen and oxygen atoms in total. The minimum atomic E-state index is -0.633. The summed E-state index contributed by atoms with van der Waals surface area (Å²) in [5.41, 5.74) is 6.92. The average Bonchev–Trinajstić information content (AvgIpc) is 2.95. The van der Waals surface area contributed by atoms with Crippen LogP contribution in [0, 0.1) is 5.41 Å². The molecule has 0 spiro atoms. The molecule has 1 heterocycles.